The number of hydrogen-bond acceptors (Lipinski definition) is 6. The zero-order chi connectivity index (χ0) is 11.9. The minimum absolute atomic E-state index is 0.106. The summed E-state index contributed by atoms with van der Waals surface area (Å²) in [5.41, 5.74) is 6.14. The van der Waals surface area contributed by atoms with E-state index in [2.05, 4.69) is 27.4 Å². The lowest BCUT2D eigenvalue weighted by Crippen LogP contribution is -2.10. The highest BCUT2D eigenvalue weighted by Gasteiger charge is 2.43. The van der Waals surface area contributed by atoms with Crippen LogP contribution in [0, 0.1) is 0 Å². The molecule has 0 amide bonds. The molecule has 2 aromatic heterocycles. The molecule has 0 bridgehead atoms. The maximum Gasteiger partial charge on any atom is 0.280 e. The number of nitrogens with zero attached hydrogens (tertiary/aromatic N) is 5. The molecule has 90 valence electrons. The summed E-state index contributed by atoms with van der Waals surface area (Å²) in [5, 5.41) is 11.9. The van der Waals surface area contributed by atoms with Gasteiger partial charge in [0.15, 0.2) is 11.5 Å². The molecular weight excluding hydrogens is 220 g/mol. The van der Waals surface area contributed by atoms with Crippen LogP contribution in [0.1, 0.15) is 25.6 Å². The van der Waals surface area contributed by atoms with E-state index < -0.39 is 0 Å². The Bertz CT molecular complexity index is 526. The number of aromatic nitrogens is 5. The molecule has 2 N–H and O–H groups in total. The molecule has 17 heavy (non-hydrogen) atoms. The van der Waals surface area contributed by atoms with E-state index in [-0.39, 0.29) is 5.41 Å². The highest BCUT2D eigenvalue weighted by atomic mass is 16.5. The van der Waals surface area contributed by atoms with Gasteiger partial charge in [0.05, 0.1) is 12.7 Å². The molecule has 2 aromatic rings. The average molecular weight is 234 g/mol. The maximum atomic E-state index is 5.44. The van der Waals surface area contributed by atoms with Gasteiger partial charge in [0.2, 0.25) is 0 Å². The van der Waals surface area contributed by atoms with Crippen LogP contribution in [0.15, 0.2) is 10.7 Å². The van der Waals surface area contributed by atoms with E-state index in [1.807, 2.05) is 0 Å². The van der Waals surface area contributed by atoms with E-state index in [4.69, 9.17) is 10.3 Å². The third-order valence-electron chi connectivity index (χ3n) is 3.08. The topological polar surface area (TPSA) is 95.7 Å². The average Bonchev–Trinajstić information content (AvgIpc) is 2.79. The molecule has 0 aliphatic heterocycles. The second kappa shape index (κ2) is 3.63. The van der Waals surface area contributed by atoms with Gasteiger partial charge in [-0.15, -0.1) is 5.10 Å². The van der Waals surface area contributed by atoms with E-state index in [1.165, 1.54) is 0 Å². The van der Waals surface area contributed by atoms with E-state index in [9.17, 15) is 0 Å². The Labute approximate surface area is 98.0 Å². The summed E-state index contributed by atoms with van der Waals surface area (Å²) in [6.07, 6.45) is 4.00. The predicted octanol–water partition coefficient (Wildman–Crippen LogP) is 0.338. The van der Waals surface area contributed by atoms with Crippen molar-refractivity contribution in [3.8, 4) is 11.6 Å². The Balaban J connectivity index is 1.85. The van der Waals surface area contributed by atoms with E-state index in [0.717, 1.165) is 18.7 Å². The molecular formula is C10H14N6O. The van der Waals surface area contributed by atoms with Crippen molar-refractivity contribution in [2.24, 2.45) is 5.73 Å². The van der Waals surface area contributed by atoms with E-state index in [1.54, 1.807) is 10.9 Å². The number of nitrogens with two attached hydrogens (primary N) is 1. The second-order valence-corrected chi connectivity index (χ2v) is 4.64. The van der Waals surface area contributed by atoms with Gasteiger partial charge in [-0.25, -0.2) is 0 Å². The summed E-state index contributed by atoms with van der Waals surface area (Å²) in [7, 11) is 0. The smallest absolute Gasteiger partial charge is 0.280 e. The fourth-order valence-electron chi connectivity index (χ4n) is 1.62. The quantitative estimate of drug-likeness (QED) is 0.819. The van der Waals surface area contributed by atoms with Gasteiger partial charge in [-0.3, -0.25) is 4.68 Å². The van der Waals surface area contributed by atoms with E-state index in [0.29, 0.717) is 24.7 Å². The third kappa shape index (κ3) is 1.82. The molecule has 1 aliphatic carbocycles. The van der Waals surface area contributed by atoms with Gasteiger partial charge in [-0.05, 0) is 12.8 Å². The van der Waals surface area contributed by atoms with Crippen LogP contribution in [0.5, 0.6) is 0 Å². The fraction of sp³-hybridized carbons (Fsp3) is 0.600. The number of rotatable bonds is 4. The molecule has 0 atom stereocenters. The number of hydrogen-bond donors (Lipinski definition) is 1. The maximum absolute atomic E-state index is 5.44. The van der Waals surface area contributed by atoms with Gasteiger partial charge in [0, 0.05) is 12.0 Å². The standard InChI is InChI=1S/C10H14N6O/c1-10(2-3-10)9-12-8(17-14-9)7-6-16(5-4-11)15-13-7/h6H,2-5,11H2,1H3. The summed E-state index contributed by atoms with van der Waals surface area (Å²) < 4.78 is 6.87. The molecule has 7 heteroatoms. The first-order chi connectivity index (χ1) is 8.21. The Kier molecular flexibility index (Phi) is 2.22. The summed E-state index contributed by atoms with van der Waals surface area (Å²) in [5.74, 6) is 1.19. The summed E-state index contributed by atoms with van der Waals surface area (Å²) in [6, 6.07) is 0. The Morgan fingerprint density at radius 2 is 2.35 bits per heavy atom. The van der Waals surface area contributed by atoms with Gasteiger partial charge < -0.3 is 10.3 Å². The van der Waals surface area contributed by atoms with Gasteiger partial charge in [0.1, 0.15) is 0 Å². The highest BCUT2D eigenvalue weighted by molar-refractivity contribution is 5.43. The molecule has 2 heterocycles. The molecule has 1 saturated carbocycles. The predicted molar refractivity (Wildman–Crippen MR) is 59.0 cm³/mol. The van der Waals surface area contributed by atoms with Crippen LogP contribution in [0.25, 0.3) is 11.6 Å². The molecule has 0 saturated heterocycles. The van der Waals surface area contributed by atoms with Gasteiger partial charge in [-0.2, -0.15) is 4.98 Å². The summed E-state index contributed by atoms with van der Waals surface area (Å²) >= 11 is 0. The van der Waals surface area contributed by atoms with Crippen LogP contribution in [0.4, 0.5) is 0 Å². The Hall–Kier alpha value is -1.76. The molecule has 0 radical (unpaired) electrons. The molecule has 0 unspecified atom stereocenters. The normalized spacial score (nSPS) is 17.3. The highest BCUT2D eigenvalue weighted by Crippen LogP contribution is 2.46. The molecule has 1 aliphatic rings. The fourth-order valence-corrected chi connectivity index (χ4v) is 1.62. The van der Waals surface area contributed by atoms with Crippen molar-refractivity contribution >= 4 is 0 Å². The SMILES string of the molecule is CC1(c2noc(-c3cn(CCN)nn3)n2)CC1. The van der Waals surface area contributed by atoms with Crippen molar-refractivity contribution in [1.82, 2.24) is 25.1 Å². The lowest BCUT2D eigenvalue weighted by atomic mass is 10.1. The molecule has 0 aromatic carbocycles. The first kappa shape index (κ1) is 10.4. The minimum atomic E-state index is 0.106. The minimum Gasteiger partial charge on any atom is -0.332 e. The van der Waals surface area contributed by atoms with Gasteiger partial charge >= 0.3 is 0 Å². The first-order valence-corrected chi connectivity index (χ1v) is 5.66. The van der Waals surface area contributed by atoms with Crippen LogP contribution >= 0.6 is 0 Å². The van der Waals surface area contributed by atoms with Gasteiger partial charge in [0.25, 0.3) is 5.89 Å². The Morgan fingerprint density at radius 3 is 3.06 bits per heavy atom. The zero-order valence-corrected chi connectivity index (χ0v) is 9.63. The second-order valence-electron chi connectivity index (χ2n) is 4.64. The first-order valence-electron chi connectivity index (χ1n) is 5.66. The van der Waals surface area contributed by atoms with Crippen molar-refractivity contribution in [1.29, 1.82) is 0 Å². The van der Waals surface area contributed by atoms with Crippen molar-refractivity contribution in [3.05, 3.63) is 12.0 Å². The van der Waals surface area contributed by atoms with Gasteiger partial charge in [-0.1, -0.05) is 17.3 Å². The van der Waals surface area contributed by atoms with Crippen molar-refractivity contribution < 1.29 is 4.52 Å². The molecule has 1 fully saturated rings. The summed E-state index contributed by atoms with van der Waals surface area (Å²) in [6.45, 7) is 3.29. The molecule has 3 rings (SSSR count). The van der Waals surface area contributed by atoms with Crippen LogP contribution in [0.2, 0.25) is 0 Å². The lowest BCUT2D eigenvalue weighted by Gasteiger charge is -1.96. The third-order valence-corrected chi connectivity index (χ3v) is 3.08. The van der Waals surface area contributed by atoms with Crippen molar-refractivity contribution in [3.63, 3.8) is 0 Å². The van der Waals surface area contributed by atoms with Crippen LogP contribution < -0.4 is 5.73 Å². The Morgan fingerprint density at radius 1 is 1.53 bits per heavy atom. The zero-order valence-electron chi connectivity index (χ0n) is 9.63. The molecule has 0 spiro atoms. The lowest BCUT2D eigenvalue weighted by molar-refractivity contribution is 0.414. The van der Waals surface area contributed by atoms with Crippen LogP contribution in [-0.4, -0.2) is 31.7 Å². The van der Waals surface area contributed by atoms with Crippen LogP contribution in [-0.2, 0) is 12.0 Å². The van der Waals surface area contributed by atoms with Crippen molar-refractivity contribution in [2.75, 3.05) is 6.54 Å². The van der Waals surface area contributed by atoms with E-state index >= 15 is 0 Å². The summed E-state index contributed by atoms with van der Waals surface area (Å²) in [4.78, 5) is 4.36. The van der Waals surface area contributed by atoms with Crippen molar-refractivity contribution in [2.45, 2.75) is 31.7 Å². The molecule has 7 nitrogen and oxygen atoms in total. The largest absolute Gasteiger partial charge is 0.332 e. The monoisotopic (exact) mass is 234 g/mol. The van der Waals surface area contributed by atoms with Crippen LogP contribution in [0.3, 0.4) is 0 Å².